The molecule has 1 unspecified atom stereocenters. The highest BCUT2D eigenvalue weighted by molar-refractivity contribution is 4.76. The second-order valence-corrected chi connectivity index (χ2v) is 4.41. The Kier molecular flexibility index (Phi) is 3.53. The van der Waals surface area contributed by atoms with Crippen molar-refractivity contribution in [3.05, 3.63) is 0 Å². The summed E-state index contributed by atoms with van der Waals surface area (Å²) in [7, 11) is 0. The molecule has 0 amide bonds. The van der Waals surface area contributed by atoms with Crippen LogP contribution in [0.4, 0.5) is 0 Å². The molecule has 0 radical (unpaired) electrons. The summed E-state index contributed by atoms with van der Waals surface area (Å²) < 4.78 is 0. The molecule has 1 aliphatic heterocycles. The summed E-state index contributed by atoms with van der Waals surface area (Å²) in [5.74, 6) is 0.756. The molecule has 1 N–H and O–H groups in total. The Morgan fingerprint density at radius 3 is 2.42 bits per heavy atom. The quantitative estimate of drug-likeness (QED) is 0.682. The maximum atomic E-state index is 3.59. The third-order valence-electron chi connectivity index (χ3n) is 2.67. The molecule has 1 atom stereocenters. The lowest BCUT2D eigenvalue weighted by Crippen LogP contribution is -2.54. The Morgan fingerprint density at radius 2 is 1.92 bits per heavy atom. The first-order chi connectivity index (χ1) is 5.61. The number of hydrazine groups is 1. The third-order valence-corrected chi connectivity index (χ3v) is 2.67. The highest BCUT2D eigenvalue weighted by atomic mass is 15.5. The molecule has 1 saturated heterocycles. The van der Waals surface area contributed by atoms with Gasteiger partial charge in [0.15, 0.2) is 0 Å². The van der Waals surface area contributed by atoms with E-state index in [1.165, 1.54) is 19.4 Å². The monoisotopic (exact) mass is 170 g/mol. The molecular formula is C10H22N2. The zero-order valence-electron chi connectivity index (χ0n) is 8.80. The molecule has 12 heavy (non-hydrogen) atoms. The molecule has 0 aromatic heterocycles. The molecule has 0 aromatic carbocycles. The van der Waals surface area contributed by atoms with Gasteiger partial charge in [0.1, 0.15) is 0 Å². The van der Waals surface area contributed by atoms with E-state index in [9.17, 15) is 0 Å². The smallest absolute Gasteiger partial charge is 0.0238 e. The summed E-state index contributed by atoms with van der Waals surface area (Å²) in [6, 6.07) is 1.33. The average molecular weight is 170 g/mol. The van der Waals surface area contributed by atoms with Crippen molar-refractivity contribution in [2.24, 2.45) is 5.92 Å². The average Bonchev–Trinajstić information content (AvgIpc) is 2.04. The van der Waals surface area contributed by atoms with Crippen LogP contribution < -0.4 is 5.43 Å². The van der Waals surface area contributed by atoms with Crippen LogP contribution in [0.2, 0.25) is 0 Å². The Bertz CT molecular complexity index is 118. The largest absolute Gasteiger partial charge is 0.252 e. The zero-order valence-corrected chi connectivity index (χ0v) is 8.80. The van der Waals surface area contributed by atoms with Crippen molar-refractivity contribution in [3.8, 4) is 0 Å². The first-order valence-electron chi connectivity index (χ1n) is 5.14. The molecule has 1 fully saturated rings. The number of hydrogen-bond acceptors (Lipinski definition) is 2. The van der Waals surface area contributed by atoms with Crippen molar-refractivity contribution in [2.45, 2.75) is 52.6 Å². The number of rotatable bonds is 2. The van der Waals surface area contributed by atoms with Crippen LogP contribution in [0.25, 0.3) is 0 Å². The van der Waals surface area contributed by atoms with Gasteiger partial charge in [0, 0.05) is 18.6 Å². The predicted octanol–water partition coefficient (Wildman–Crippen LogP) is 2.02. The molecule has 0 aliphatic carbocycles. The van der Waals surface area contributed by atoms with Gasteiger partial charge in [-0.05, 0) is 32.6 Å². The van der Waals surface area contributed by atoms with Gasteiger partial charge in [0.25, 0.3) is 0 Å². The fraction of sp³-hybridized carbons (Fsp3) is 1.00. The van der Waals surface area contributed by atoms with Crippen molar-refractivity contribution in [3.63, 3.8) is 0 Å². The second kappa shape index (κ2) is 4.24. The Morgan fingerprint density at radius 1 is 1.25 bits per heavy atom. The first kappa shape index (κ1) is 10.0. The molecule has 1 heterocycles. The van der Waals surface area contributed by atoms with Gasteiger partial charge < -0.3 is 0 Å². The Balaban J connectivity index is 2.40. The van der Waals surface area contributed by atoms with Crippen LogP contribution >= 0.6 is 0 Å². The minimum absolute atomic E-state index is 0.631. The van der Waals surface area contributed by atoms with Crippen LogP contribution in [0.15, 0.2) is 0 Å². The molecule has 2 heteroatoms. The fourth-order valence-electron chi connectivity index (χ4n) is 1.71. The molecular weight excluding hydrogens is 148 g/mol. The molecule has 0 bridgehead atoms. The van der Waals surface area contributed by atoms with Crippen LogP contribution in [0.3, 0.4) is 0 Å². The summed E-state index contributed by atoms with van der Waals surface area (Å²) in [5, 5.41) is 2.37. The van der Waals surface area contributed by atoms with Gasteiger partial charge in [-0.1, -0.05) is 13.8 Å². The van der Waals surface area contributed by atoms with Crippen molar-refractivity contribution < 1.29 is 0 Å². The highest BCUT2D eigenvalue weighted by Crippen LogP contribution is 2.15. The van der Waals surface area contributed by atoms with E-state index in [0.717, 1.165) is 5.92 Å². The molecule has 1 rings (SSSR count). The van der Waals surface area contributed by atoms with E-state index in [1.54, 1.807) is 0 Å². The lowest BCUT2D eigenvalue weighted by Gasteiger charge is -2.38. The van der Waals surface area contributed by atoms with E-state index in [2.05, 4.69) is 38.1 Å². The van der Waals surface area contributed by atoms with Crippen LogP contribution in [0.5, 0.6) is 0 Å². The number of nitrogens with zero attached hydrogens (tertiary/aromatic N) is 1. The van der Waals surface area contributed by atoms with E-state index in [4.69, 9.17) is 0 Å². The Labute approximate surface area is 76.3 Å². The van der Waals surface area contributed by atoms with Gasteiger partial charge in [-0.3, -0.25) is 5.43 Å². The van der Waals surface area contributed by atoms with Gasteiger partial charge in [-0.25, -0.2) is 5.01 Å². The predicted molar refractivity (Wildman–Crippen MR) is 52.8 cm³/mol. The van der Waals surface area contributed by atoms with Gasteiger partial charge in [-0.2, -0.15) is 0 Å². The molecule has 1 aliphatic rings. The summed E-state index contributed by atoms with van der Waals surface area (Å²) >= 11 is 0. The molecule has 2 nitrogen and oxygen atoms in total. The molecule has 0 saturated carbocycles. The summed E-state index contributed by atoms with van der Waals surface area (Å²) in [6.45, 7) is 10.3. The normalized spacial score (nSPS) is 27.0. The van der Waals surface area contributed by atoms with Crippen molar-refractivity contribution in [1.82, 2.24) is 10.4 Å². The van der Waals surface area contributed by atoms with Gasteiger partial charge >= 0.3 is 0 Å². The van der Waals surface area contributed by atoms with Crippen LogP contribution in [-0.4, -0.2) is 23.6 Å². The number of hydrogen-bond donors (Lipinski definition) is 1. The minimum atomic E-state index is 0.631. The molecule has 0 spiro atoms. The third kappa shape index (κ3) is 2.46. The zero-order chi connectivity index (χ0) is 9.14. The van der Waals surface area contributed by atoms with Crippen molar-refractivity contribution in [2.75, 3.05) is 6.54 Å². The first-order valence-corrected chi connectivity index (χ1v) is 5.14. The summed E-state index contributed by atoms with van der Waals surface area (Å²) in [6.07, 6.45) is 2.68. The SMILES string of the molecule is CC(C)C1CCCN(C(C)C)N1. The van der Waals surface area contributed by atoms with Crippen LogP contribution in [0.1, 0.15) is 40.5 Å². The van der Waals surface area contributed by atoms with Gasteiger partial charge in [0.05, 0.1) is 0 Å². The molecule has 72 valence electrons. The molecule has 0 aromatic rings. The van der Waals surface area contributed by atoms with E-state index in [1.807, 2.05) is 0 Å². The highest BCUT2D eigenvalue weighted by Gasteiger charge is 2.22. The van der Waals surface area contributed by atoms with E-state index < -0.39 is 0 Å². The van der Waals surface area contributed by atoms with Crippen molar-refractivity contribution in [1.29, 1.82) is 0 Å². The topological polar surface area (TPSA) is 15.3 Å². The second-order valence-electron chi connectivity index (χ2n) is 4.41. The maximum Gasteiger partial charge on any atom is 0.0238 e. The van der Waals surface area contributed by atoms with Crippen LogP contribution in [-0.2, 0) is 0 Å². The summed E-state index contributed by atoms with van der Waals surface area (Å²) in [4.78, 5) is 0. The van der Waals surface area contributed by atoms with E-state index >= 15 is 0 Å². The maximum absolute atomic E-state index is 3.59. The van der Waals surface area contributed by atoms with Gasteiger partial charge in [0.2, 0.25) is 0 Å². The van der Waals surface area contributed by atoms with Crippen molar-refractivity contribution >= 4 is 0 Å². The fourth-order valence-corrected chi connectivity index (χ4v) is 1.71. The lowest BCUT2D eigenvalue weighted by atomic mass is 9.98. The van der Waals surface area contributed by atoms with E-state index in [-0.39, 0.29) is 0 Å². The summed E-state index contributed by atoms with van der Waals surface area (Å²) in [5.41, 5.74) is 3.59. The van der Waals surface area contributed by atoms with Crippen LogP contribution in [0, 0.1) is 5.92 Å². The Hall–Kier alpha value is -0.0800. The minimum Gasteiger partial charge on any atom is -0.252 e. The van der Waals surface area contributed by atoms with E-state index in [0.29, 0.717) is 12.1 Å². The van der Waals surface area contributed by atoms with Gasteiger partial charge in [-0.15, -0.1) is 0 Å². The number of nitrogens with one attached hydrogen (secondary N) is 1. The standard InChI is InChI=1S/C10H22N2/c1-8(2)10-6-5-7-12(11-10)9(3)4/h8-11H,5-7H2,1-4H3. The lowest BCUT2D eigenvalue weighted by molar-refractivity contribution is 0.0634.